The lowest BCUT2D eigenvalue weighted by atomic mass is 10.3. The van der Waals surface area contributed by atoms with Crippen LogP contribution in [0.5, 0.6) is 11.5 Å². The second-order valence-corrected chi connectivity index (χ2v) is 10.1. The van der Waals surface area contributed by atoms with Crippen LogP contribution in [-0.2, 0) is 29.1 Å². The molecule has 0 aliphatic carbocycles. The fourth-order valence-corrected chi connectivity index (χ4v) is 4.64. The molecule has 13 nitrogen and oxygen atoms in total. The second kappa shape index (κ2) is 17.2. The first-order chi connectivity index (χ1) is 18.4. The molecule has 0 saturated heterocycles. The number of aliphatic carboxylic acids is 2. The van der Waals surface area contributed by atoms with Crippen LogP contribution in [-0.4, -0.2) is 77.0 Å². The minimum absolute atomic E-state index is 0.0921. The van der Waals surface area contributed by atoms with Gasteiger partial charge >= 0.3 is 11.9 Å². The van der Waals surface area contributed by atoms with E-state index >= 15 is 0 Å². The number of methoxy groups -OCH3 is 2. The number of benzene rings is 2. The maximum absolute atomic E-state index is 13.1. The molecule has 216 valence electrons. The fourth-order valence-electron chi connectivity index (χ4n) is 2.90. The highest BCUT2D eigenvalue weighted by atomic mass is 79.9. The van der Waals surface area contributed by atoms with Crippen LogP contribution in [0.2, 0.25) is 0 Å². The van der Waals surface area contributed by atoms with E-state index in [0.717, 1.165) is 13.0 Å². The first-order valence-electron chi connectivity index (χ1n) is 11.5. The maximum atomic E-state index is 13.1. The Morgan fingerprint density at radius 2 is 1.59 bits per heavy atom. The molecule has 0 spiro atoms. The lowest BCUT2D eigenvalue weighted by Gasteiger charge is -2.14. The number of carbonyl (C=O) groups excluding carboxylic acids is 1. The number of carboxylic acid groups (broad SMARTS) is 2. The quantitative estimate of drug-likeness (QED) is 0.152. The van der Waals surface area contributed by atoms with Gasteiger partial charge in [-0.05, 0) is 72.2 Å². The number of halogens is 1. The number of anilines is 2. The Labute approximate surface area is 235 Å². The van der Waals surface area contributed by atoms with Gasteiger partial charge < -0.3 is 35.1 Å². The Balaban J connectivity index is 0.00000113. The van der Waals surface area contributed by atoms with E-state index in [1.165, 1.54) is 19.2 Å². The lowest BCUT2D eigenvalue weighted by molar-refractivity contribution is -0.159. The van der Waals surface area contributed by atoms with Gasteiger partial charge in [0.25, 0.3) is 10.0 Å². The molecule has 5 N–H and O–H groups in total. The monoisotopic (exact) mass is 633 g/mol. The van der Waals surface area contributed by atoms with E-state index in [4.69, 9.17) is 34.0 Å². The molecule has 0 aromatic heterocycles. The van der Waals surface area contributed by atoms with Gasteiger partial charge in [0.05, 0.1) is 23.9 Å². The standard InChI is InChI=1S/C22H30BrN3O6S.C2H2O4/c1-4-32-19-8-7-17(14-18(19)23)26-33(28,29)21-15-16(6-9-20(21)31-3)25-22(27)10-12-24-11-5-13-30-2;3-1(4)2(5)6/h6-9,14-15,24,26H,4-5,10-13H2,1-3H3,(H,25,27);(H,3,4)(H,5,6). The highest BCUT2D eigenvalue weighted by Gasteiger charge is 2.21. The Bertz CT molecular complexity index is 1210. The Hall–Kier alpha value is -3.40. The number of hydrogen-bond donors (Lipinski definition) is 5. The molecule has 0 aliphatic rings. The predicted octanol–water partition coefficient (Wildman–Crippen LogP) is 2.77. The molecule has 2 aromatic carbocycles. The van der Waals surface area contributed by atoms with Crippen molar-refractivity contribution in [1.29, 1.82) is 0 Å². The molecule has 0 atom stereocenters. The molecule has 15 heteroatoms. The first-order valence-corrected chi connectivity index (χ1v) is 13.8. The summed E-state index contributed by atoms with van der Waals surface area (Å²) in [6, 6.07) is 9.35. The highest BCUT2D eigenvalue weighted by molar-refractivity contribution is 9.10. The fraction of sp³-hybridized carbons (Fsp3) is 0.375. The molecule has 1 amide bonds. The van der Waals surface area contributed by atoms with Gasteiger partial charge in [-0.2, -0.15) is 0 Å². The summed E-state index contributed by atoms with van der Waals surface area (Å²) >= 11 is 3.37. The first kappa shape index (κ1) is 33.6. The molecule has 2 aromatic rings. The molecule has 0 radical (unpaired) electrons. The minimum Gasteiger partial charge on any atom is -0.495 e. The summed E-state index contributed by atoms with van der Waals surface area (Å²) in [5.41, 5.74) is 0.704. The third kappa shape index (κ3) is 12.3. The number of carboxylic acids is 2. The number of sulfonamides is 1. The molecule has 0 fully saturated rings. The highest BCUT2D eigenvalue weighted by Crippen LogP contribution is 2.32. The van der Waals surface area contributed by atoms with E-state index in [1.807, 2.05) is 6.92 Å². The molecule has 0 saturated carbocycles. The van der Waals surface area contributed by atoms with Crippen molar-refractivity contribution in [1.82, 2.24) is 5.32 Å². The summed E-state index contributed by atoms with van der Waals surface area (Å²) < 4.78 is 44.9. The second-order valence-electron chi connectivity index (χ2n) is 7.55. The summed E-state index contributed by atoms with van der Waals surface area (Å²) in [5.74, 6) is -3.11. The smallest absolute Gasteiger partial charge is 0.414 e. The zero-order valence-electron chi connectivity index (χ0n) is 21.7. The van der Waals surface area contributed by atoms with Crippen molar-refractivity contribution in [3.05, 3.63) is 40.9 Å². The summed E-state index contributed by atoms with van der Waals surface area (Å²) in [6.45, 7) is 4.26. The molecule has 0 bridgehead atoms. The van der Waals surface area contributed by atoms with Crippen LogP contribution in [0.1, 0.15) is 19.8 Å². The molecular formula is C24H32BrN3O10S. The van der Waals surface area contributed by atoms with Crippen LogP contribution in [0.4, 0.5) is 11.4 Å². The zero-order chi connectivity index (χ0) is 29.4. The number of amides is 1. The summed E-state index contributed by atoms with van der Waals surface area (Å²) in [4.78, 5) is 30.3. The third-order valence-electron chi connectivity index (χ3n) is 4.63. The van der Waals surface area contributed by atoms with Crippen LogP contribution < -0.4 is 24.8 Å². The number of rotatable bonds is 14. The summed E-state index contributed by atoms with van der Waals surface area (Å²) in [7, 11) is -0.972. The van der Waals surface area contributed by atoms with E-state index in [0.29, 0.717) is 41.4 Å². The molecule has 2 rings (SSSR count). The molecule has 39 heavy (non-hydrogen) atoms. The van der Waals surface area contributed by atoms with Crippen molar-refractivity contribution in [3.8, 4) is 11.5 Å². The summed E-state index contributed by atoms with van der Waals surface area (Å²) in [6.07, 6.45) is 1.11. The van der Waals surface area contributed by atoms with Crippen LogP contribution in [0.25, 0.3) is 0 Å². The largest absolute Gasteiger partial charge is 0.495 e. The number of carbonyl (C=O) groups is 3. The number of ether oxygens (including phenoxy) is 3. The maximum Gasteiger partial charge on any atom is 0.414 e. The van der Waals surface area contributed by atoms with Crippen molar-refractivity contribution in [2.75, 3.05) is 50.6 Å². The van der Waals surface area contributed by atoms with Gasteiger partial charge in [0.15, 0.2) is 0 Å². The van der Waals surface area contributed by atoms with E-state index in [9.17, 15) is 13.2 Å². The van der Waals surface area contributed by atoms with Gasteiger partial charge in [-0.25, -0.2) is 18.0 Å². The van der Waals surface area contributed by atoms with Gasteiger partial charge in [-0.3, -0.25) is 9.52 Å². The van der Waals surface area contributed by atoms with Crippen molar-refractivity contribution >= 4 is 55.2 Å². The average Bonchev–Trinajstić information content (AvgIpc) is 2.88. The van der Waals surface area contributed by atoms with E-state index < -0.39 is 22.0 Å². The van der Waals surface area contributed by atoms with Gasteiger partial charge in [-0.15, -0.1) is 0 Å². The van der Waals surface area contributed by atoms with Crippen molar-refractivity contribution in [2.45, 2.75) is 24.7 Å². The normalized spacial score (nSPS) is 10.6. The topological polar surface area (TPSA) is 190 Å². The molecule has 0 heterocycles. The number of hydrogen-bond acceptors (Lipinski definition) is 9. The van der Waals surface area contributed by atoms with Gasteiger partial charge in [-0.1, -0.05) is 0 Å². The molecule has 0 aliphatic heterocycles. The Morgan fingerprint density at radius 1 is 0.949 bits per heavy atom. The van der Waals surface area contributed by atoms with Crippen molar-refractivity contribution < 1.29 is 47.2 Å². The van der Waals surface area contributed by atoms with Crippen LogP contribution in [0.15, 0.2) is 45.8 Å². The van der Waals surface area contributed by atoms with Crippen molar-refractivity contribution in [2.24, 2.45) is 0 Å². The number of nitrogens with one attached hydrogen (secondary N) is 3. The van der Waals surface area contributed by atoms with Crippen LogP contribution in [0, 0.1) is 0 Å². The average molecular weight is 635 g/mol. The molecular weight excluding hydrogens is 602 g/mol. The Morgan fingerprint density at radius 3 is 2.15 bits per heavy atom. The minimum atomic E-state index is -4.00. The van der Waals surface area contributed by atoms with E-state index in [2.05, 4.69) is 31.3 Å². The van der Waals surface area contributed by atoms with Gasteiger partial charge in [0.2, 0.25) is 5.91 Å². The summed E-state index contributed by atoms with van der Waals surface area (Å²) in [5, 5.41) is 20.7. The SMILES string of the molecule is CCOc1ccc(NS(=O)(=O)c2cc(NC(=O)CCNCCCOC)ccc2OC)cc1Br.O=C(O)C(=O)O. The van der Waals surface area contributed by atoms with Gasteiger partial charge in [0.1, 0.15) is 16.4 Å². The molecule has 0 unspecified atom stereocenters. The van der Waals surface area contributed by atoms with Crippen LogP contribution in [0.3, 0.4) is 0 Å². The van der Waals surface area contributed by atoms with Crippen LogP contribution >= 0.6 is 15.9 Å². The predicted molar refractivity (Wildman–Crippen MR) is 147 cm³/mol. The van der Waals surface area contributed by atoms with E-state index in [-0.39, 0.29) is 23.0 Å². The van der Waals surface area contributed by atoms with Crippen molar-refractivity contribution in [3.63, 3.8) is 0 Å². The zero-order valence-corrected chi connectivity index (χ0v) is 24.1. The van der Waals surface area contributed by atoms with Gasteiger partial charge in [0, 0.05) is 32.4 Å². The lowest BCUT2D eigenvalue weighted by Crippen LogP contribution is -2.23. The Kier molecular flexibility index (Phi) is 14.9. The van der Waals surface area contributed by atoms with E-state index in [1.54, 1.807) is 31.4 Å². The third-order valence-corrected chi connectivity index (χ3v) is 6.66.